The predicted molar refractivity (Wildman–Crippen MR) is 116 cm³/mol. The molecule has 0 saturated heterocycles. The van der Waals surface area contributed by atoms with Crippen molar-refractivity contribution in [2.75, 3.05) is 41.7 Å². The van der Waals surface area contributed by atoms with Crippen LogP contribution in [0.2, 0.25) is 0 Å². The Bertz CT molecular complexity index is 973. The van der Waals surface area contributed by atoms with Crippen molar-refractivity contribution >= 4 is 5.78 Å². The molecule has 1 atom stereocenters. The van der Waals surface area contributed by atoms with Crippen molar-refractivity contribution in [2.45, 2.75) is 31.7 Å². The number of fused-ring (bicyclic) bond motifs is 2. The third-order valence-corrected chi connectivity index (χ3v) is 6.14. The van der Waals surface area contributed by atoms with Crippen LogP contribution in [-0.4, -0.2) is 52.4 Å². The lowest BCUT2D eigenvalue weighted by Gasteiger charge is -2.35. The number of hydrogen-bond acceptors (Lipinski definition) is 7. The van der Waals surface area contributed by atoms with Crippen molar-refractivity contribution < 1.29 is 28.5 Å². The van der Waals surface area contributed by atoms with Crippen molar-refractivity contribution in [1.82, 2.24) is 4.90 Å². The summed E-state index contributed by atoms with van der Waals surface area (Å²) in [6.07, 6.45) is 2.35. The molecule has 0 bridgehead atoms. The smallest absolute Gasteiger partial charge is 0.231 e. The molecule has 0 radical (unpaired) electrons. The highest BCUT2D eigenvalue weighted by atomic mass is 16.7. The zero-order valence-electron chi connectivity index (χ0n) is 18.5. The topological polar surface area (TPSA) is 66.5 Å². The van der Waals surface area contributed by atoms with E-state index < -0.39 is 0 Å². The van der Waals surface area contributed by atoms with Crippen molar-refractivity contribution in [3.05, 3.63) is 41.0 Å². The van der Waals surface area contributed by atoms with Crippen LogP contribution < -0.4 is 23.7 Å². The predicted octanol–water partition coefficient (Wildman–Crippen LogP) is 3.56. The van der Waals surface area contributed by atoms with Crippen LogP contribution in [0.15, 0.2) is 24.3 Å². The lowest BCUT2D eigenvalue weighted by atomic mass is 9.87. The SMILES string of the molecule is COc1ccc(CCC(=O)CC2c3c(cc4c(c3OC)OCO4)CCN2C)c(OC)c1. The van der Waals surface area contributed by atoms with E-state index in [1.54, 1.807) is 21.3 Å². The first-order chi connectivity index (χ1) is 15.0. The second-order valence-electron chi connectivity index (χ2n) is 7.88. The number of rotatable bonds is 8. The lowest BCUT2D eigenvalue weighted by molar-refractivity contribution is -0.120. The van der Waals surface area contributed by atoms with Crippen LogP contribution in [0, 0.1) is 0 Å². The van der Waals surface area contributed by atoms with Gasteiger partial charge in [0.15, 0.2) is 11.5 Å². The van der Waals surface area contributed by atoms with Gasteiger partial charge in [0.05, 0.1) is 21.3 Å². The molecule has 2 heterocycles. The number of methoxy groups -OCH3 is 3. The third kappa shape index (κ3) is 4.14. The van der Waals surface area contributed by atoms with Crippen molar-refractivity contribution in [3.8, 4) is 28.7 Å². The van der Waals surface area contributed by atoms with Crippen LogP contribution in [-0.2, 0) is 17.6 Å². The van der Waals surface area contributed by atoms with Gasteiger partial charge in [-0.2, -0.15) is 0 Å². The van der Waals surface area contributed by atoms with Gasteiger partial charge < -0.3 is 23.7 Å². The van der Waals surface area contributed by atoms with Gasteiger partial charge in [0.2, 0.25) is 12.5 Å². The van der Waals surface area contributed by atoms with Crippen molar-refractivity contribution in [1.29, 1.82) is 0 Å². The Morgan fingerprint density at radius 3 is 2.71 bits per heavy atom. The number of carbonyl (C=O) groups is 1. The summed E-state index contributed by atoms with van der Waals surface area (Å²) in [5.41, 5.74) is 3.19. The van der Waals surface area contributed by atoms with Crippen molar-refractivity contribution in [3.63, 3.8) is 0 Å². The zero-order valence-corrected chi connectivity index (χ0v) is 18.5. The molecular weight excluding hydrogens is 398 g/mol. The Morgan fingerprint density at radius 1 is 1.13 bits per heavy atom. The molecule has 0 amide bonds. The monoisotopic (exact) mass is 427 g/mol. The fourth-order valence-electron chi connectivity index (χ4n) is 4.43. The minimum Gasteiger partial charge on any atom is -0.497 e. The molecule has 0 aromatic heterocycles. The molecule has 0 aliphatic carbocycles. The summed E-state index contributed by atoms with van der Waals surface area (Å²) in [5, 5.41) is 0. The van der Waals surface area contributed by atoms with E-state index in [0.29, 0.717) is 30.8 Å². The molecule has 31 heavy (non-hydrogen) atoms. The van der Waals surface area contributed by atoms with Crippen LogP contribution in [0.25, 0.3) is 0 Å². The molecule has 2 aromatic rings. The molecule has 0 saturated carbocycles. The van der Waals surface area contributed by atoms with Crippen LogP contribution in [0.3, 0.4) is 0 Å². The van der Waals surface area contributed by atoms with E-state index in [1.165, 1.54) is 0 Å². The summed E-state index contributed by atoms with van der Waals surface area (Å²) in [4.78, 5) is 15.2. The van der Waals surface area contributed by atoms with Gasteiger partial charge in [-0.25, -0.2) is 0 Å². The highest BCUT2D eigenvalue weighted by Gasteiger charge is 2.34. The third-order valence-electron chi connectivity index (χ3n) is 6.14. The Labute approximate surface area is 182 Å². The molecule has 166 valence electrons. The highest BCUT2D eigenvalue weighted by Crippen LogP contribution is 2.50. The molecular formula is C24H29NO6. The van der Waals surface area contributed by atoms with E-state index in [4.69, 9.17) is 23.7 Å². The minimum absolute atomic E-state index is 0.0570. The average Bonchev–Trinajstić information content (AvgIpc) is 3.26. The number of hydrogen-bond donors (Lipinski definition) is 0. The number of nitrogens with zero attached hydrogens (tertiary/aromatic N) is 1. The van der Waals surface area contributed by atoms with Crippen LogP contribution in [0.1, 0.15) is 35.6 Å². The first-order valence-electron chi connectivity index (χ1n) is 10.5. The Morgan fingerprint density at radius 2 is 1.97 bits per heavy atom. The maximum atomic E-state index is 13.0. The van der Waals surface area contributed by atoms with E-state index in [9.17, 15) is 4.79 Å². The van der Waals surface area contributed by atoms with Crippen LogP contribution in [0.4, 0.5) is 0 Å². The minimum atomic E-state index is -0.0570. The van der Waals surface area contributed by atoms with Gasteiger partial charge in [-0.3, -0.25) is 9.69 Å². The molecule has 0 N–H and O–H groups in total. The molecule has 1 unspecified atom stereocenters. The van der Waals surface area contributed by atoms with Gasteiger partial charge in [0.1, 0.15) is 17.3 Å². The molecule has 2 aromatic carbocycles. The molecule has 2 aliphatic heterocycles. The van der Waals surface area contributed by atoms with Gasteiger partial charge in [-0.15, -0.1) is 0 Å². The zero-order chi connectivity index (χ0) is 22.0. The number of likely N-dealkylation sites (N-methyl/N-ethyl adjacent to an activating group) is 1. The lowest BCUT2D eigenvalue weighted by Crippen LogP contribution is -2.34. The van der Waals surface area contributed by atoms with Gasteiger partial charge >= 0.3 is 0 Å². The summed E-state index contributed by atoms with van der Waals surface area (Å²) in [6.45, 7) is 1.07. The number of aryl methyl sites for hydroxylation is 1. The highest BCUT2D eigenvalue weighted by molar-refractivity contribution is 5.80. The number of benzene rings is 2. The first-order valence-corrected chi connectivity index (χ1v) is 10.5. The maximum Gasteiger partial charge on any atom is 0.231 e. The number of Topliss-reactive ketones (excluding diaryl/α,β-unsaturated/α-hetero) is 1. The van der Waals surface area contributed by atoms with E-state index in [0.717, 1.165) is 46.9 Å². The molecule has 7 nitrogen and oxygen atoms in total. The fraction of sp³-hybridized carbons (Fsp3) is 0.458. The van der Waals surface area contributed by atoms with E-state index in [2.05, 4.69) is 11.9 Å². The Hall–Kier alpha value is -2.93. The average molecular weight is 427 g/mol. The number of carbonyl (C=O) groups excluding carboxylic acids is 1. The van der Waals surface area contributed by atoms with E-state index in [1.807, 2.05) is 24.3 Å². The van der Waals surface area contributed by atoms with Gasteiger partial charge in [-0.1, -0.05) is 6.07 Å². The largest absolute Gasteiger partial charge is 0.497 e. The Kier molecular flexibility index (Phi) is 6.23. The van der Waals surface area contributed by atoms with Gasteiger partial charge in [0.25, 0.3) is 0 Å². The molecule has 0 fully saturated rings. The molecule has 7 heteroatoms. The summed E-state index contributed by atoms with van der Waals surface area (Å²) in [6, 6.07) is 7.67. The number of ether oxygens (including phenoxy) is 5. The Balaban J connectivity index is 1.52. The first kappa shape index (κ1) is 21.3. The molecule has 2 aliphatic rings. The second-order valence-corrected chi connectivity index (χ2v) is 7.88. The standard InChI is InChI=1S/C24H29NO6/c1-25-10-9-16-11-21-23(31-14-30-21)24(29-4)22(16)19(25)12-17(26)7-5-15-6-8-18(27-2)13-20(15)28-3/h6,8,11,13,19H,5,7,9-10,12,14H2,1-4H3. The second kappa shape index (κ2) is 9.06. The molecule has 4 rings (SSSR count). The van der Waals surface area contributed by atoms with Gasteiger partial charge in [0, 0.05) is 37.1 Å². The molecule has 0 spiro atoms. The summed E-state index contributed by atoms with van der Waals surface area (Å²) < 4.78 is 27.7. The maximum absolute atomic E-state index is 13.0. The summed E-state index contributed by atoms with van der Waals surface area (Å²) in [7, 11) is 6.94. The summed E-state index contributed by atoms with van der Waals surface area (Å²) >= 11 is 0. The van der Waals surface area contributed by atoms with Crippen LogP contribution >= 0.6 is 0 Å². The van der Waals surface area contributed by atoms with Gasteiger partial charge in [-0.05, 0) is 43.1 Å². The fourth-order valence-corrected chi connectivity index (χ4v) is 4.43. The number of ketones is 1. The summed E-state index contributed by atoms with van der Waals surface area (Å²) in [5.74, 6) is 3.71. The quantitative estimate of drug-likeness (QED) is 0.638. The van der Waals surface area contributed by atoms with Crippen LogP contribution in [0.5, 0.6) is 28.7 Å². The van der Waals surface area contributed by atoms with Crippen molar-refractivity contribution in [2.24, 2.45) is 0 Å². The normalized spacial score (nSPS) is 17.2. The van der Waals surface area contributed by atoms with E-state index >= 15 is 0 Å². The van der Waals surface area contributed by atoms with E-state index in [-0.39, 0.29) is 18.6 Å².